The molecule has 0 aliphatic rings. The summed E-state index contributed by atoms with van der Waals surface area (Å²) in [7, 11) is 3.42. The van der Waals surface area contributed by atoms with Crippen molar-refractivity contribution in [1.82, 2.24) is 14.7 Å². The standard InChI is InChI=1S/C55H103N3O9/c1-8-13-17-21-23-29-37-47(35-27-19-15-10-3)54(64)56(6)45-52(62)66-43-33-25-31-39-49(58(12-5)50(59)41-42-51(60)61)40-32-26-34-44-67-53(63)46-57(7)55(65)48(36-28-20-16-11-4)38-30-24-22-18-14-9-2/h47-49H,8-46H2,1-7H3,(H,60,61). The fraction of sp³-hybridized carbons (Fsp3) is 0.891. The van der Waals surface area contributed by atoms with Crippen molar-refractivity contribution in [2.45, 2.75) is 259 Å². The van der Waals surface area contributed by atoms with E-state index in [4.69, 9.17) is 9.47 Å². The van der Waals surface area contributed by atoms with Crippen molar-refractivity contribution in [3.63, 3.8) is 0 Å². The highest BCUT2D eigenvalue weighted by Crippen LogP contribution is 2.24. The summed E-state index contributed by atoms with van der Waals surface area (Å²) in [5.41, 5.74) is 0. The molecule has 392 valence electrons. The summed E-state index contributed by atoms with van der Waals surface area (Å²) in [4.78, 5) is 81.7. The zero-order valence-corrected chi connectivity index (χ0v) is 44.4. The molecule has 0 heterocycles. The molecule has 0 aromatic rings. The molecule has 2 unspecified atom stereocenters. The zero-order valence-electron chi connectivity index (χ0n) is 44.4. The SMILES string of the molecule is CCCCCCCCC(CCCCCC)C(=O)N(C)CC(=O)OCCCCCC(CCCCCOC(=O)CN(C)C(=O)C(CCCCCC)CCCCCCCC)N(CC)C(=O)CCC(=O)O. The van der Waals surface area contributed by atoms with Crippen LogP contribution in [-0.4, -0.2) is 108 Å². The predicted molar refractivity (Wildman–Crippen MR) is 273 cm³/mol. The third-order valence-corrected chi connectivity index (χ3v) is 13.4. The average Bonchev–Trinajstić information content (AvgIpc) is 3.30. The van der Waals surface area contributed by atoms with Crippen LogP contribution in [0.1, 0.15) is 253 Å². The fourth-order valence-electron chi connectivity index (χ4n) is 9.16. The molecule has 3 amide bonds. The van der Waals surface area contributed by atoms with Crippen molar-refractivity contribution in [1.29, 1.82) is 0 Å². The minimum Gasteiger partial charge on any atom is -0.481 e. The predicted octanol–water partition coefficient (Wildman–Crippen LogP) is 12.9. The van der Waals surface area contributed by atoms with Crippen LogP contribution < -0.4 is 0 Å². The van der Waals surface area contributed by atoms with Crippen LogP contribution in [0.25, 0.3) is 0 Å². The van der Waals surface area contributed by atoms with Gasteiger partial charge in [0.2, 0.25) is 17.7 Å². The van der Waals surface area contributed by atoms with Crippen molar-refractivity contribution < 1.29 is 43.3 Å². The maximum absolute atomic E-state index is 13.4. The molecule has 0 fully saturated rings. The van der Waals surface area contributed by atoms with Gasteiger partial charge in [0, 0.05) is 44.9 Å². The Bertz CT molecular complexity index is 1200. The van der Waals surface area contributed by atoms with E-state index >= 15 is 0 Å². The topological polar surface area (TPSA) is 151 Å². The number of carbonyl (C=O) groups is 6. The minimum absolute atomic E-state index is 0.0407. The van der Waals surface area contributed by atoms with E-state index in [1.807, 2.05) is 6.92 Å². The Balaban J connectivity index is 5.00. The maximum atomic E-state index is 13.4. The van der Waals surface area contributed by atoms with Crippen LogP contribution in [0.5, 0.6) is 0 Å². The molecule has 12 nitrogen and oxygen atoms in total. The summed E-state index contributed by atoms with van der Waals surface area (Å²) in [5.74, 6) is -1.98. The van der Waals surface area contributed by atoms with E-state index in [0.717, 1.165) is 128 Å². The van der Waals surface area contributed by atoms with Gasteiger partial charge in [0.25, 0.3) is 0 Å². The lowest BCUT2D eigenvalue weighted by atomic mass is 9.93. The lowest BCUT2D eigenvalue weighted by molar-refractivity contribution is -0.150. The Kier molecular flexibility index (Phi) is 42.0. The number of hydrogen-bond donors (Lipinski definition) is 1. The third-order valence-electron chi connectivity index (χ3n) is 13.4. The molecular weight excluding hydrogens is 847 g/mol. The van der Waals surface area contributed by atoms with E-state index < -0.39 is 17.9 Å². The van der Waals surface area contributed by atoms with Crippen molar-refractivity contribution >= 4 is 35.6 Å². The van der Waals surface area contributed by atoms with Crippen molar-refractivity contribution in [2.75, 3.05) is 46.9 Å². The Morgan fingerprint density at radius 1 is 0.418 bits per heavy atom. The summed E-state index contributed by atoms with van der Waals surface area (Å²) in [6.07, 6.45) is 32.4. The van der Waals surface area contributed by atoms with Gasteiger partial charge in [-0.25, -0.2) is 0 Å². The lowest BCUT2D eigenvalue weighted by Crippen LogP contribution is -2.40. The van der Waals surface area contributed by atoms with Crippen LogP contribution in [0.15, 0.2) is 0 Å². The van der Waals surface area contributed by atoms with Crippen LogP contribution >= 0.6 is 0 Å². The number of carboxylic acid groups (broad SMARTS) is 1. The second-order valence-corrected chi connectivity index (χ2v) is 19.5. The normalized spacial score (nSPS) is 12.6. The van der Waals surface area contributed by atoms with Crippen molar-refractivity contribution in [3.8, 4) is 0 Å². The number of unbranched alkanes of at least 4 members (excludes halogenated alkanes) is 20. The fourth-order valence-corrected chi connectivity index (χ4v) is 9.16. The van der Waals surface area contributed by atoms with Crippen LogP contribution in [-0.2, 0) is 38.2 Å². The number of aliphatic carboxylic acids is 1. The van der Waals surface area contributed by atoms with Crippen molar-refractivity contribution in [2.24, 2.45) is 11.8 Å². The summed E-state index contributed by atoms with van der Waals surface area (Å²) in [5, 5.41) is 9.22. The number of likely N-dealkylation sites (N-methyl/N-ethyl adjacent to an activating group) is 2. The molecule has 12 heteroatoms. The van der Waals surface area contributed by atoms with Crippen LogP contribution in [0.4, 0.5) is 0 Å². The molecule has 0 saturated heterocycles. The first-order valence-electron chi connectivity index (χ1n) is 27.7. The van der Waals surface area contributed by atoms with Crippen molar-refractivity contribution in [3.05, 3.63) is 0 Å². The highest BCUT2D eigenvalue weighted by molar-refractivity contribution is 5.84. The largest absolute Gasteiger partial charge is 0.481 e. The van der Waals surface area contributed by atoms with Gasteiger partial charge in [0.1, 0.15) is 13.1 Å². The number of carbonyl (C=O) groups excluding carboxylic acids is 5. The Labute approximate surface area is 410 Å². The van der Waals surface area contributed by atoms with Gasteiger partial charge in [-0.2, -0.15) is 0 Å². The van der Waals surface area contributed by atoms with E-state index in [1.54, 1.807) is 28.8 Å². The Morgan fingerprint density at radius 3 is 1.07 bits per heavy atom. The minimum atomic E-state index is -0.998. The van der Waals surface area contributed by atoms with E-state index in [-0.39, 0.29) is 74.7 Å². The van der Waals surface area contributed by atoms with E-state index in [9.17, 15) is 33.9 Å². The highest BCUT2D eigenvalue weighted by atomic mass is 16.5. The van der Waals surface area contributed by atoms with Gasteiger partial charge >= 0.3 is 17.9 Å². The average molecular weight is 950 g/mol. The first kappa shape index (κ1) is 63.8. The summed E-state index contributed by atoms with van der Waals surface area (Å²) in [6.45, 7) is 11.6. The molecule has 1 N–H and O–H groups in total. The quantitative estimate of drug-likeness (QED) is 0.0464. The zero-order chi connectivity index (χ0) is 49.9. The number of carboxylic acids is 1. The first-order valence-corrected chi connectivity index (χ1v) is 27.7. The summed E-state index contributed by atoms with van der Waals surface area (Å²) < 4.78 is 11.1. The number of nitrogens with zero attached hydrogens (tertiary/aromatic N) is 3. The molecule has 0 radical (unpaired) electrons. The number of amides is 3. The van der Waals surface area contributed by atoms with Gasteiger partial charge < -0.3 is 29.3 Å². The smallest absolute Gasteiger partial charge is 0.325 e. The molecule has 67 heavy (non-hydrogen) atoms. The molecule has 0 aromatic carbocycles. The Hall–Kier alpha value is -3.18. The molecule has 0 aliphatic carbocycles. The van der Waals surface area contributed by atoms with Crippen LogP contribution in [0.3, 0.4) is 0 Å². The molecule has 0 saturated carbocycles. The maximum Gasteiger partial charge on any atom is 0.325 e. The number of hydrogen-bond acceptors (Lipinski definition) is 8. The molecule has 2 atom stereocenters. The molecule has 0 spiro atoms. The first-order chi connectivity index (χ1) is 32.4. The number of rotatable bonds is 47. The molecule has 0 aliphatic heterocycles. The number of esters is 2. The summed E-state index contributed by atoms with van der Waals surface area (Å²) in [6, 6.07) is -0.0618. The highest BCUT2D eigenvalue weighted by Gasteiger charge is 2.26. The molecule has 0 bridgehead atoms. The molecular formula is C55H103N3O9. The van der Waals surface area contributed by atoms with E-state index in [0.29, 0.717) is 19.4 Å². The van der Waals surface area contributed by atoms with Crippen LogP contribution in [0, 0.1) is 11.8 Å². The monoisotopic (exact) mass is 950 g/mol. The van der Waals surface area contributed by atoms with Gasteiger partial charge in [0.05, 0.1) is 19.6 Å². The van der Waals surface area contributed by atoms with E-state index in [1.165, 1.54) is 64.2 Å². The Morgan fingerprint density at radius 2 is 0.731 bits per heavy atom. The van der Waals surface area contributed by atoms with Gasteiger partial charge in [-0.15, -0.1) is 0 Å². The molecule has 0 aromatic heterocycles. The lowest BCUT2D eigenvalue weighted by Gasteiger charge is -2.31. The van der Waals surface area contributed by atoms with E-state index in [2.05, 4.69) is 27.7 Å². The summed E-state index contributed by atoms with van der Waals surface area (Å²) >= 11 is 0. The van der Waals surface area contributed by atoms with Gasteiger partial charge in [-0.05, 0) is 71.1 Å². The molecule has 0 rings (SSSR count). The van der Waals surface area contributed by atoms with Crippen LogP contribution in [0.2, 0.25) is 0 Å². The second kappa shape index (κ2) is 44.1. The second-order valence-electron chi connectivity index (χ2n) is 19.5. The van der Waals surface area contributed by atoms with Gasteiger partial charge in [0.15, 0.2) is 0 Å². The third kappa shape index (κ3) is 34.7. The van der Waals surface area contributed by atoms with Gasteiger partial charge in [-0.1, -0.05) is 169 Å². The number of ether oxygens (including phenoxy) is 2. The van der Waals surface area contributed by atoms with Gasteiger partial charge in [-0.3, -0.25) is 28.8 Å².